The van der Waals surface area contributed by atoms with E-state index in [1.165, 1.54) is 0 Å². The number of hydrogen-bond donors (Lipinski definition) is 2. The van der Waals surface area contributed by atoms with Crippen LogP contribution in [0.5, 0.6) is 0 Å². The molecule has 0 spiro atoms. The molecule has 0 unspecified atom stereocenters. The first-order valence-electron chi connectivity index (χ1n) is 5.20. The predicted molar refractivity (Wildman–Crippen MR) is 71.4 cm³/mol. The van der Waals surface area contributed by atoms with Gasteiger partial charge in [0.2, 0.25) is 0 Å². The molecule has 1 aromatic heterocycles. The summed E-state index contributed by atoms with van der Waals surface area (Å²) >= 11 is 3.39. The average molecular weight is 289 g/mol. The third kappa shape index (κ3) is 1.80. The number of carbonyl (C=O) groups is 1. The molecule has 0 fully saturated rings. The van der Waals surface area contributed by atoms with Gasteiger partial charge in [0.1, 0.15) is 0 Å². The Morgan fingerprint density at radius 3 is 2.88 bits per heavy atom. The van der Waals surface area contributed by atoms with E-state index in [4.69, 9.17) is 0 Å². The molecule has 84 valence electrons. The molecule has 0 radical (unpaired) electrons. The Morgan fingerprint density at radius 2 is 2.12 bits per heavy atom. The second-order valence-corrected chi connectivity index (χ2v) is 4.74. The Labute approximate surface area is 107 Å². The lowest BCUT2D eigenvalue weighted by Crippen LogP contribution is -2.03. The zero-order valence-electron chi connectivity index (χ0n) is 8.83. The number of amides is 1. The Bertz CT molecular complexity index is 614. The summed E-state index contributed by atoms with van der Waals surface area (Å²) < 4.78 is 0.956. The highest BCUT2D eigenvalue weighted by Gasteiger charge is 2.23. The van der Waals surface area contributed by atoms with Gasteiger partial charge in [-0.1, -0.05) is 22.0 Å². The molecule has 2 heterocycles. The van der Waals surface area contributed by atoms with E-state index in [0.717, 1.165) is 21.4 Å². The maximum absolute atomic E-state index is 11.9. The number of H-pyrrole nitrogens is 1. The number of rotatable bonds is 1. The Morgan fingerprint density at radius 1 is 1.24 bits per heavy atom. The quantitative estimate of drug-likeness (QED) is 0.777. The lowest BCUT2D eigenvalue weighted by atomic mass is 10.1. The molecule has 1 aromatic carbocycles. The second kappa shape index (κ2) is 3.89. The van der Waals surface area contributed by atoms with Crippen LogP contribution in [-0.4, -0.2) is 10.9 Å². The van der Waals surface area contributed by atoms with E-state index in [0.29, 0.717) is 5.57 Å². The molecule has 0 saturated carbocycles. The number of benzene rings is 1. The van der Waals surface area contributed by atoms with Crippen molar-refractivity contribution in [2.75, 3.05) is 5.32 Å². The summed E-state index contributed by atoms with van der Waals surface area (Å²) in [5.74, 6) is -0.0623. The largest absolute Gasteiger partial charge is 0.362 e. The van der Waals surface area contributed by atoms with E-state index >= 15 is 0 Å². The number of halogens is 1. The zero-order chi connectivity index (χ0) is 11.8. The van der Waals surface area contributed by atoms with Crippen molar-refractivity contribution >= 4 is 39.2 Å². The van der Waals surface area contributed by atoms with Gasteiger partial charge in [-0.05, 0) is 30.3 Å². The topological polar surface area (TPSA) is 44.9 Å². The normalized spacial score (nSPS) is 16.1. The smallest absolute Gasteiger partial charge is 0.256 e. The van der Waals surface area contributed by atoms with Crippen LogP contribution in [0.1, 0.15) is 11.3 Å². The van der Waals surface area contributed by atoms with Crippen LogP contribution in [0.2, 0.25) is 0 Å². The van der Waals surface area contributed by atoms with Gasteiger partial charge >= 0.3 is 0 Å². The minimum Gasteiger partial charge on any atom is -0.362 e. The van der Waals surface area contributed by atoms with E-state index in [9.17, 15) is 4.79 Å². The molecule has 3 rings (SSSR count). The number of hydrogen-bond acceptors (Lipinski definition) is 1. The molecule has 0 bridgehead atoms. The Balaban J connectivity index is 2.11. The molecular formula is C13H9BrN2O. The molecule has 1 aliphatic rings. The fourth-order valence-electron chi connectivity index (χ4n) is 1.90. The minimum atomic E-state index is -0.0623. The zero-order valence-corrected chi connectivity index (χ0v) is 10.4. The standard InChI is InChI=1S/C13H9BrN2O/c14-8-3-4-10-11(7-9-2-1-5-15-9)13(17)16-12(10)6-8/h1-7,15H,(H,16,17)/b11-7-. The monoisotopic (exact) mass is 288 g/mol. The lowest BCUT2D eigenvalue weighted by Gasteiger charge is -1.98. The maximum atomic E-state index is 11.9. The molecule has 0 saturated heterocycles. The van der Waals surface area contributed by atoms with E-state index < -0.39 is 0 Å². The predicted octanol–water partition coefficient (Wildman–Crippen LogP) is 3.27. The average Bonchev–Trinajstić information content (AvgIpc) is 2.88. The number of carbonyl (C=O) groups excluding carboxylic acids is 1. The van der Waals surface area contributed by atoms with Gasteiger partial charge in [-0.3, -0.25) is 4.79 Å². The van der Waals surface area contributed by atoms with Gasteiger partial charge in [-0.25, -0.2) is 0 Å². The van der Waals surface area contributed by atoms with Crippen molar-refractivity contribution in [2.24, 2.45) is 0 Å². The van der Waals surface area contributed by atoms with Crippen molar-refractivity contribution in [1.82, 2.24) is 4.98 Å². The highest BCUT2D eigenvalue weighted by Crippen LogP contribution is 2.34. The lowest BCUT2D eigenvalue weighted by molar-refractivity contribution is -0.110. The molecular weight excluding hydrogens is 280 g/mol. The summed E-state index contributed by atoms with van der Waals surface area (Å²) in [6.07, 6.45) is 3.69. The summed E-state index contributed by atoms with van der Waals surface area (Å²) in [6.45, 7) is 0. The Hall–Kier alpha value is -1.81. The molecule has 2 aromatic rings. The Kier molecular flexibility index (Phi) is 2.37. The van der Waals surface area contributed by atoms with Crippen molar-refractivity contribution in [3.8, 4) is 0 Å². The van der Waals surface area contributed by atoms with E-state index in [1.54, 1.807) is 0 Å². The van der Waals surface area contributed by atoms with Crippen molar-refractivity contribution < 1.29 is 4.79 Å². The van der Waals surface area contributed by atoms with Gasteiger partial charge in [-0.2, -0.15) is 0 Å². The molecule has 4 heteroatoms. The second-order valence-electron chi connectivity index (χ2n) is 3.83. The number of nitrogens with one attached hydrogen (secondary N) is 2. The van der Waals surface area contributed by atoms with Gasteiger partial charge in [0.25, 0.3) is 5.91 Å². The molecule has 1 aliphatic heterocycles. The fourth-order valence-corrected chi connectivity index (χ4v) is 2.26. The first-order chi connectivity index (χ1) is 8.24. The van der Waals surface area contributed by atoms with Crippen LogP contribution in [0.25, 0.3) is 11.6 Å². The summed E-state index contributed by atoms with van der Waals surface area (Å²) in [5.41, 5.74) is 3.40. The summed E-state index contributed by atoms with van der Waals surface area (Å²) in [4.78, 5) is 14.9. The number of fused-ring (bicyclic) bond motifs is 1. The van der Waals surface area contributed by atoms with E-state index in [-0.39, 0.29) is 5.91 Å². The van der Waals surface area contributed by atoms with Crippen molar-refractivity contribution in [2.45, 2.75) is 0 Å². The SMILES string of the molecule is O=C1Nc2cc(Br)ccc2/C1=C/c1ccc[nH]1. The molecule has 3 nitrogen and oxygen atoms in total. The number of anilines is 1. The summed E-state index contributed by atoms with van der Waals surface area (Å²) in [5, 5.41) is 2.85. The van der Waals surface area contributed by atoms with Gasteiger partial charge in [-0.15, -0.1) is 0 Å². The van der Waals surface area contributed by atoms with Crippen molar-refractivity contribution in [3.63, 3.8) is 0 Å². The van der Waals surface area contributed by atoms with Crippen LogP contribution in [0.15, 0.2) is 41.0 Å². The van der Waals surface area contributed by atoms with Crippen molar-refractivity contribution in [1.29, 1.82) is 0 Å². The van der Waals surface area contributed by atoms with Gasteiger partial charge in [0.15, 0.2) is 0 Å². The van der Waals surface area contributed by atoms with Gasteiger partial charge < -0.3 is 10.3 Å². The molecule has 1 amide bonds. The van der Waals surface area contributed by atoms with Crippen LogP contribution in [0, 0.1) is 0 Å². The molecule has 17 heavy (non-hydrogen) atoms. The summed E-state index contributed by atoms with van der Waals surface area (Å²) in [7, 11) is 0. The third-order valence-electron chi connectivity index (χ3n) is 2.69. The molecule has 0 aliphatic carbocycles. The fraction of sp³-hybridized carbons (Fsp3) is 0. The molecule has 0 atom stereocenters. The van der Waals surface area contributed by atoms with Crippen molar-refractivity contribution in [3.05, 3.63) is 52.3 Å². The highest BCUT2D eigenvalue weighted by molar-refractivity contribution is 9.10. The van der Waals surface area contributed by atoms with Crippen LogP contribution in [0.4, 0.5) is 5.69 Å². The van der Waals surface area contributed by atoms with Crippen LogP contribution < -0.4 is 5.32 Å². The van der Waals surface area contributed by atoms with Crippen LogP contribution >= 0.6 is 15.9 Å². The van der Waals surface area contributed by atoms with Crippen LogP contribution in [0.3, 0.4) is 0 Å². The van der Waals surface area contributed by atoms with Crippen LogP contribution in [-0.2, 0) is 4.79 Å². The molecule has 2 N–H and O–H groups in total. The third-order valence-corrected chi connectivity index (χ3v) is 3.18. The van der Waals surface area contributed by atoms with Gasteiger partial charge in [0, 0.05) is 21.9 Å². The number of aromatic nitrogens is 1. The van der Waals surface area contributed by atoms with E-state index in [2.05, 4.69) is 26.2 Å². The summed E-state index contributed by atoms with van der Waals surface area (Å²) in [6, 6.07) is 9.61. The number of aromatic amines is 1. The highest BCUT2D eigenvalue weighted by atomic mass is 79.9. The first kappa shape index (κ1) is 10.4. The maximum Gasteiger partial charge on any atom is 0.256 e. The first-order valence-corrected chi connectivity index (χ1v) is 6.00. The minimum absolute atomic E-state index is 0.0623. The van der Waals surface area contributed by atoms with Gasteiger partial charge in [0.05, 0.1) is 11.3 Å². The van der Waals surface area contributed by atoms with E-state index in [1.807, 2.05) is 42.6 Å².